The zero-order chi connectivity index (χ0) is 12.1. The van der Waals surface area contributed by atoms with Crippen LogP contribution in [0.3, 0.4) is 0 Å². The molecule has 1 rings (SSSR count). The predicted octanol–water partition coefficient (Wildman–Crippen LogP) is -1.05. The standard InChI is InChI=1S/C10H18N2O4/c1-11(2)9(13)7-12-4-5-16-8(6-12)10(14)15-3/h8H,4-7H2,1-3H3. The van der Waals surface area contributed by atoms with Gasteiger partial charge in [0.05, 0.1) is 20.3 Å². The van der Waals surface area contributed by atoms with E-state index in [9.17, 15) is 9.59 Å². The van der Waals surface area contributed by atoms with Gasteiger partial charge in [-0.3, -0.25) is 9.69 Å². The highest BCUT2D eigenvalue weighted by Gasteiger charge is 2.28. The Hall–Kier alpha value is -1.14. The fourth-order valence-corrected chi connectivity index (χ4v) is 1.45. The lowest BCUT2D eigenvalue weighted by Gasteiger charge is -2.31. The number of carbonyl (C=O) groups is 2. The van der Waals surface area contributed by atoms with Crippen LogP contribution in [0.4, 0.5) is 0 Å². The number of amides is 1. The van der Waals surface area contributed by atoms with Gasteiger partial charge in [0.15, 0.2) is 6.10 Å². The number of ether oxygens (including phenoxy) is 2. The van der Waals surface area contributed by atoms with Crippen LogP contribution in [0.5, 0.6) is 0 Å². The Morgan fingerprint density at radius 2 is 2.19 bits per heavy atom. The van der Waals surface area contributed by atoms with Crippen LogP contribution >= 0.6 is 0 Å². The third kappa shape index (κ3) is 3.46. The maximum atomic E-state index is 11.5. The van der Waals surface area contributed by atoms with Crippen LogP contribution in [0.1, 0.15) is 0 Å². The van der Waals surface area contributed by atoms with E-state index in [2.05, 4.69) is 4.74 Å². The van der Waals surface area contributed by atoms with Crippen molar-refractivity contribution < 1.29 is 19.1 Å². The Balaban J connectivity index is 2.44. The molecule has 0 spiro atoms. The number of nitrogens with zero attached hydrogens (tertiary/aromatic N) is 2. The van der Waals surface area contributed by atoms with E-state index >= 15 is 0 Å². The Morgan fingerprint density at radius 1 is 1.50 bits per heavy atom. The first kappa shape index (κ1) is 12.9. The topological polar surface area (TPSA) is 59.1 Å². The Morgan fingerprint density at radius 3 is 2.75 bits per heavy atom. The molecule has 6 nitrogen and oxygen atoms in total. The van der Waals surface area contributed by atoms with E-state index in [1.165, 1.54) is 12.0 Å². The molecule has 1 amide bonds. The summed E-state index contributed by atoms with van der Waals surface area (Å²) in [7, 11) is 4.75. The summed E-state index contributed by atoms with van der Waals surface area (Å²) in [4.78, 5) is 26.2. The molecule has 92 valence electrons. The fraction of sp³-hybridized carbons (Fsp3) is 0.800. The monoisotopic (exact) mass is 230 g/mol. The highest BCUT2D eigenvalue weighted by molar-refractivity contribution is 5.78. The molecule has 1 heterocycles. The molecule has 0 radical (unpaired) electrons. The van der Waals surface area contributed by atoms with Crippen molar-refractivity contribution in [3.63, 3.8) is 0 Å². The van der Waals surface area contributed by atoms with Crippen LogP contribution in [0.2, 0.25) is 0 Å². The van der Waals surface area contributed by atoms with Gasteiger partial charge in [-0.1, -0.05) is 0 Å². The minimum atomic E-state index is -0.575. The average Bonchev–Trinajstić information content (AvgIpc) is 2.28. The van der Waals surface area contributed by atoms with Crippen LogP contribution in [-0.2, 0) is 19.1 Å². The van der Waals surface area contributed by atoms with Crippen molar-refractivity contribution in [3.8, 4) is 0 Å². The third-order valence-corrected chi connectivity index (χ3v) is 2.47. The normalized spacial score (nSPS) is 21.6. The van der Waals surface area contributed by atoms with Crippen molar-refractivity contribution >= 4 is 11.9 Å². The van der Waals surface area contributed by atoms with Gasteiger partial charge in [0.25, 0.3) is 0 Å². The van der Waals surface area contributed by atoms with Crippen molar-refractivity contribution in [2.45, 2.75) is 6.10 Å². The lowest BCUT2D eigenvalue weighted by Crippen LogP contribution is -2.49. The molecule has 0 aromatic carbocycles. The van der Waals surface area contributed by atoms with Gasteiger partial charge in [0, 0.05) is 27.2 Å². The smallest absolute Gasteiger partial charge is 0.336 e. The molecule has 1 saturated heterocycles. The maximum absolute atomic E-state index is 11.5. The summed E-state index contributed by atoms with van der Waals surface area (Å²) in [6, 6.07) is 0. The number of hydrogen-bond donors (Lipinski definition) is 0. The molecule has 0 aromatic heterocycles. The van der Waals surface area contributed by atoms with E-state index in [1.54, 1.807) is 14.1 Å². The molecule has 0 aromatic rings. The second-order valence-electron chi connectivity index (χ2n) is 3.91. The van der Waals surface area contributed by atoms with Crippen LogP contribution in [0.25, 0.3) is 0 Å². The first-order valence-electron chi connectivity index (χ1n) is 5.16. The summed E-state index contributed by atoms with van der Waals surface area (Å²) < 4.78 is 9.87. The van der Waals surface area contributed by atoms with Gasteiger partial charge in [0.1, 0.15) is 0 Å². The van der Waals surface area contributed by atoms with Crippen molar-refractivity contribution in [1.82, 2.24) is 9.80 Å². The molecule has 1 unspecified atom stereocenters. The largest absolute Gasteiger partial charge is 0.467 e. The maximum Gasteiger partial charge on any atom is 0.336 e. The lowest BCUT2D eigenvalue weighted by atomic mass is 10.2. The predicted molar refractivity (Wildman–Crippen MR) is 56.9 cm³/mol. The van der Waals surface area contributed by atoms with E-state index in [0.29, 0.717) is 26.2 Å². The summed E-state index contributed by atoms with van der Waals surface area (Å²) in [5, 5.41) is 0. The summed E-state index contributed by atoms with van der Waals surface area (Å²) in [5.41, 5.74) is 0. The number of likely N-dealkylation sites (N-methyl/N-ethyl adjacent to an activating group) is 1. The quantitative estimate of drug-likeness (QED) is 0.579. The number of carbonyl (C=O) groups excluding carboxylic acids is 2. The van der Waals surface area contributed by atoms with E-state index in [-0.39, 0.29) is 11.9 Å². The molecule has 0 saturated carbocycles. The van der Waals surface area contributed by atoms with Crippen molar-refractivity contribution in [1.29, 1.82) is 0 Å². The summed E-state index contributed by atoms with van der Waals surface area (Å²) >= 11 is 0. The van der Waals surface area contributed by atoms with Gasteiger partial charge in [-0.05, 0) is 0 Å². The number of hydrogen-bond acceptors (Lipinski definition) is 5. The minimum Gasteiger partial charge on any atom is -0.467 e. The second-order valence-corrected chi connectivity index (χ2v) is 3.91. The molecule has 0 aliphatic carbocycles. The first-order valence-corrected chi connectivity index (χ1v) is 5.16. The minimum absolute atomic E-state index is 0.0190. The van der Waals surface area contributed by atoms with E-state index < -0.39 is 6.10 Å². The highest BCUT2D eigenvalue weighted by Crippen LogP contribution is 2.06. The molecule has 1 atom stereocenters. The number of rotatable bonds is 3. The molecule has 0 bridgehead atoms. The van der Waals surface area contributed by atoms with Gasteiger partial charge in [-0.15, -0.1) is 0 Å². The average molecular weight is 230 g/mol. The van der Waals surface area contributed by atoms with Crippen molar-refractivity contribution in [2.75, 3.05) is 47.4 Å². The van der Waals surface area contributed by atoms with Gasteiger partial charge in [-0.25, -0.2) is 4.79 Å². The Kier molecular flexibility index (Phi) is 4.70. The van der Waals surface area contributed by atoms with Crippen LogP contribution in [-0.4, -0.2) is 75.2 Å². The molecule has 1 fully saturated rings. The van der Waals surface area contributed by atoms with Crippen molar-refractivity contribution in [3.05, 3.63) is 0 Å². The van der Waals surface area contributed by atoms with Gasteiger partial charge in [-0.2, -0.15) is 0 Å². The molecule has 0 N–H and O–H groups in total. The van der Waals surface area contributed by atoms with Gasteiger partial charge in [0.2, 0.25) is 5.91 Å². The SMILES string of the molecule is COC(=O)C1CN(CC(=O)N(C)C)CCO1. The van der Waals surface area contributed by atoms with Gasteiger partial charge < -0.3 is 14.4 Å². The van der Waals surface area contributed by atoms with Crippen molar-refractivity contribution in [2.24, 2.45) is 0 Å². The first-order chi connectivity index (χ1) is 7.54. The number of esters is 1. The highest BCUT2D eigenvalue weighted by atomic mass is 16.6. The molecule has 6 heteroatoms. The molecule has 1 aliphatic heterocycles. The summed E-state index contributed by atoms with van der Waals surface area (Å²) in [6.45, 7) is 1.82. The molecule has 16 heavy (non-hydrogen) atoms. The zero-order valence-corrected chi connectivity index (χ0v) is 9.93. The number of morpholine rings is 1. The number of methoxy groups -OCH3 is 1. The Bertz CT molecular complexity index is 268. The lowest BCUT2D eigenvalue weighted by molar-refractivity contribution is -0.160. The fourth-order valence-electron chi connectivity index (χ4n) is 1.45. The third-order valence-electron chi connectivity index (χ3n) is 2.47. The van der Waals surface area contributed by atoms with Crippen LogP contribution in [0, 0.1) is 0 Å². The van der Waals surface area contributed by atoms with E-state index in [4.69, 9.17) is 4.74 Å². The Labute approximate surface area is 95.1 Å². The molecular weight excluding hydrogens is 212 g/mol. The van der Waals surface area contributed by atoms with E-state index in [0.717, 1.165) is 0 Å². The zero-order valence-electron chi connectivity index (χ0n) is 9.93. The van der Waals surface area contributed by atoms with Crippen LogP contribution in [0.15, 0.2) is 0 Å². The second kappa shape index (κ2) is 5.81. The summed E-state index contributed by atoms with van der Waals surface area (Å²) in [6.07, 6.45) is -0.575. The van der Waals surface area contributed by atoms with Crippen LogP contribution < -0.4 is 0 Å². The molecule has 1 aliphatic rings. The summed E-state index contributed by atoms with van der Waals surface area (Å²) in [5.74, 6) is -0.368. The van der Waals surface area contributed by atoms with Gasteiger partial charge >= 0.3 is 5.97 Å². The molecular formula is C10H18N2O4. The van der Waals surface area contributed by atoms with E-state index in [1.807, 2.05) is 4.90 Å².